The molecule has 0 aliphatic rings. The van der Waals surface area contributed by atoms with Crippen LogP contribution in [0.15, 0.2) is 40.9 Å². The Bertz CT molecular complexity index is 795. The Morgan fingerprint density at radius 1 is 1.30 bits per heavy atom. The molecule has 0 atom stereocenters. The van der Waals surface area contributed by atoms with Crippen molar-refractivity contribution in [3.63, 3.8) is 0 Å². The predicted molar refractivity (Wildman–Crippen MR) is 73.0 cm³/mol. The highest BCUT2D eigenvalue weighted by atomic mass is 16.5. The molecule has 20 heavy (non-hydrogen) atoms. The summed E-state index contributed by atoms with van der Waals surface area (Å²) in [6, 6.07) is 8.64. The number of carbonyl (C=O) groups is 1. The normalized spacial score (nSPS) is 10.7. The molecule has 3 aromatic rings. The van der Waals surface area contributed by atoms with Crippen molar-refractivity contribution < 1.29 is 13.9 Å². The van der Waals surface area contributed by atoms with Crippen LogP contribution in [0.25, 0.3) is 22.4 Å². The molecule has 6 heteroatoms. The second kappa shape index (κ2) is 4.65. The van der Waals surface area contributed by atoms with Crippen molar-refractivity contribution in [1.29, 1.82) is 0 Å². The summed E-state index contributed by atoms with van der Waals surface area (Å²) in [5.41, 5.74) is 7.03. The lowest BCUT2D eigenvalue weighted by atomic mass is 10.1. The molecule has 0 saturated carbocycles. The highest BCUT2D eigenvalue weighted by Crippen LogP contribution is 2.25. The minimum Gasteiger partial charge on any atom is -0.463 e. The Morgan fingerprint density at radius 3 is 2.90 bits per heavy atom. The van der Waals surface area contributed by atoms with E-state index in [0.717, 1.165) is 10.9 Å². The first-order valence-electron chi connectivity index (χ1n) is 5.88. The molecular weight excluding hydrogens is 258 g/mol. The minimum absolute atomic E-state index is 0.160. The van der Waals surface area contributed by atoms with E-state index in [1.807, 2.05) is 12.1 Å². The molecule has 0 aliphatic heterocycles. The highest BCUT2D eigenvalue weighted by Gasteiger charge is 2.13. The van der Waals surface area contributed by atoms with Crippen LogP contribution in [0.2, 0.25) is 0 Å². The maximum absolute atomic E-state index is 11.4. The molecule has 0 spiro atoms. The molecule has 0 aliphatic carbocycles. The average molecular weight is 269 g/mol. The molecule has 2 N–H and O–H groups in total. The second-order valence-corrected chi connectivity index (χ2v) is 4.16. The molecule has 0 radical (unpaired) electrons. The SMILES string of the molecule is COC(=O)c1cc2cc(-c3nccc(N)n3)ccc2o1. The zero-order chi connectivity index (χ0) is 14.1. The lowest BCUT2D eigenvalue weighted by Crippen LogP contribution is -1.97. The van der Waals surface area contributed by atoms with Crippen LogP contribution in [0, 0.1) is 0 Å². The number of methoxy groups -OCH3 is 1. The smallest absolute Gasteiger partial charge is 0.373 e. The summed E-state index contributed by atoms with van der Waals surface area (Å²) >= 11 is 0. The Kier molecular flexibility index (Phi) is 2.83. The number of hydrogen-bond acceptors (Lipinski definition) is 6. The molecular formula is C14H11N3O3. The van der Waals surface area contributed by atoms with Crippen molar-refractivity contribution in [1.82, 2.24) is 9.97 Å². The van der Waals surface area contributed by atoms with Crippen LogP contribution >= 0.6 is 0 Å². The van der Waals surface area contributed by atoms with E-state index in [9.17, 15) is 4.79 Å². The fourth-order valence-corrected chi connectivity index (χ4v) is 1.90. The van der Waals surface area contributed by atoms with Crippen molar-refractivity contribution in [3.8, 4) is 11.4 Å². The van der Waals surface area contributed by atoms with Gasteiger partial charge in [-0.25, -0.2) is 14.8 Å². The number of rotatable bonds is 2. The zero-order valence-corrected chi connectivity index (χ0v) is 10.7. The van der Waals surface area contributed by atoms with Gasteiger partial charge >= 0.3 is 5.97 Å². The molecule has 3 rings (SSSR count). The topological polar surface area (TPSA) is 91.2 Å². The quantitative estimate of drug-likeness (QED) is 0.717. The maximum Gasteiger partial charge on any atom is 0.373 e. The Labute approximate surface area is 114 Å². The van der Waals surface area contributed by atoms with E-state index in [1.165, 1.54) is 7.11 Å². The van der Waals surface area contributed by atoms with E-state index >= 15 is 0 Å². The van der Waals surface area contributed by atoms with E-state index in [4.69, 9.17) is 10.2 Å². The van der Waals surface area contributed by atoms with E-state index in [1.54, 1.807) is 24.4 Å². The molecule has 0 amide bonds. The summed E-state index contributed by atoms with van der Waals surface area (Å²) in [5.74, 6) is 0.571. The van der Waals surface area contributed by atoms with Gasteiger partial charge in [0.1, 0.15) is 11.4 Å². The predicted octanol–water partition coefficient (Wildman–Crippen LogP) is 2.26. The minimum atomic E-state index is -0.511. The Morgan fingerprint density at radius 2 is 2.15 bits per heavy atom. The van der Waals surface area contributed by atoms with Crippen molar-refractivity contribution in [2.45, 2.75) is 0 Å². The van der Waals surface area contributed by atoms with Crippen LogP contribution in [0.5, 0.6) is 0 Å². The van der Waals surface area contributed by atoms with Crippen molar-refractivity contribution >= 4 is 22.8 Å². The second-order valence-electron chi connectivity index (χ2n) is 4.16. The first-order valence-corrected chi connectivity index (χ1v) is 5.88. The number of fused-ring (bicyclic) bond motifs is 1. The maximum atomic E-state index is 11.4. The van der Waals surface area contributed by atoms with Crippen LogP contribution in [0.4, 0.5) is 5.82 Å². The number of hydrogen-bond donors (Lipinski definition) is 1. The Balaban J connectivity index is 2.08. The van der Waals surface area contributed by atoms with E-state index in [-0.39, 0.29) is 5.76 Å². The summed E-state index contributed by atoms with van der Waals surface area (Å²) in [6.45, 7) is 0. The van der Waals surface area contributed by atoms with Crippen molar-refractivity contribution in [2.75, 3.05) is 12.8 Å². The highest BCUT2D eigenvalue weighted by molar-refractivity contribution is 5.93. The first-order chi connectivity index (χ1) is 9.67. The fourth-order valence-electron chi connectivity index (χ4n) is 1.90. The van der Waals surface area contributed by atoms with Gasteiger partial charge in [0.2, 0.25) is 5.76 Å². The number of furan rings is 1. The number of benzene rings is 1. The molecule has 2 aromatic heterocycles. The molecule has 0 saturated heterocycles. The molecule has 2 heterocycles. The van der Waals surface area contributed by atoms with Crippen LogP contribution in [0.3, 0.4) is 0 Å². The van der Waals surface area contributed by atoms with Crippen molar-refractivity contribution in [3.05, 3.63) is 42.3 Å². The van der Waals surface area contributed by atoms with E-state index in [2.05, 4.69) is 14.7 Å². The third kappa shape index (κ3) is 2.07. The zero-order valence-electron chi connectivity index (χ0n) is 10.7. The number of nitrogen functional groups attached to an aromatic ring is 1. The van der Waals surface area contributed by atoms with E-state index in [0.29, 0.717) is 17.2 Å². The average Bonchev–Trinajstić information content (AvgIpc) is 2.89. The molecule has 100 valence electrons. The third-order valence-electron chi connectivity index (χ3n) is 2.84. The number of anilines is 1. The lowest BCUT2D eigenvalue weighted by Gasteiger charge is -2.00. The number of nitrogens with two attached hydrogens (primary N) is 1. The number of esters is 1. The molecule has 0 bridgehead atoms. The largest absolute Gasteiger partial charge is 0.463 e. The monoisotopic (exact) mass is 269 g/mol. The number of carbonyl (C=O) groups excluding carboxylic acids is 1. The summed E-state index contributed by atoms with van der Waals surface area (Å²) < 4.78 is 10.0. The van der Waals surface area contributed by atoms with Gasteiger partial charge in [0.25, 0.3) is 0 Å². The van der Waals surface area contributed by atoms with E-state index < -0.39 is 5.97 Å². The van der Waals surface area contributed by atoms with Gasteiger partial charge in [-0.1, -0.05) is 0 Å². The number of nitrogens with zero attached hydrogens (tertiary/aromatic N) is 2. The van der Waals surface area contributed by atoms with Crippen LogP contribution in [-0.4, -0.2) is 23.0 Å². The fraction of sp³-hybridized carbons (Fsp3) is 0.0714. The van der Waals surface area contributed by atoms with Gasteiger partial charge in [-0.3, -0.25) is 0 Å². The Hall–Kier alpha value is -2.89. The van der Waals surface area contributed by atoms with Gasteiger partial charge in [0.15, 0.2) is 5.82 Å². The molecule has 0 fully saturated rings. The van der Waals surface area contributed by atoms with Crippen molar-refractivity contribution in [2.24, 2.45) is 0 Å². The van der Waals surface area contributed by atoms with Gasteiger partial charge in [-0.05, 0) is 30.3 Å². The van der Waals surface area contributed by atoms with Crippen LogP contribution < -0.4 is 5.73 Å². The lowest BCUT2D eigenvalue weighted by molar-refractivity contribution is 0.0567. The molecule has 1 aromatic carbocycles. The third-order valence-corrected chi connectivity index (χ3v) is 2.84. The van der Waals surface area contributed by atoms with Gasteiger partial charge in [0, 0.05) is 17.1 Å². The van der Waals surface area contributed by atoms with Gasteiger partial charge in [-0.2, -0.15) is 0 Å². The summed E-state index contributed by atoms with van der Waals surface area (Å²) in [5, 5.41) is 0.772. The number of ether oxygens (including phenoxy) is 1. The summed E-state index contributed by atoms with van der Waals surface area (Å²) in [6.07, 6.45) is 1.59. The first kappa shape index (κ1) is 12.2. The molecule has 6 nitrogen and oxygen atoms in total. The standard InChI is InChI=1S/C14H11N3O3/c1-19-14(18)11-7-9-6-8(2-3-10(9)20-11)13-16-5-4-12(15)17-13/h2-7H,1H3,(H2,15,16,17). The van der Waals surface area contributed by atoms with Gasteiger partial charge in [0.05, 0.1) is 7.11 Å². The van der Waals surface area contributed by atoms with Gasteiger partial charge in [-0.15, -0.1) is 0 Å². The number of aromatic nitrogens is 2. The van der Waals surface area contributed by atoms with Crippen LogP contribution in [-0.2, 0) is 4.74 Å². The van der Waals surface area contributed by atoms with Crippen LogP contribution in [0.1, 0.15) is 10.6 Å². The molecule has 0 unspecified atom stereocenters. The summed E-state index contributed by atoms with van der Waals surface area (Å²) in [7, 11) is 1.31. The summed E-state index contributed by atoms with van der Waals surface area (Å²) in [4.78, 5) is 19.7. The van der Waals surface area contributed by atoms with Gasteiger partial charge < -0.3 is 14.9 Å².